The van der Waals surface area contributed by atoms with E-state index in [0.717, 1.165) is 12.8 Å². The molecule has 1 aliphatic rings. The molecule has 1 saturated carbocycles. The Balaban J connectivity index is 2.29. The number of hydrogen-bond acceptors (Lipinski definition) is 3. The zero-order valence-corrected chi connectivity index (χ0v) is 11.7. The lowest BCUT2D eigenvalue weighted by atomic mass is 9.86. The molecule has 18 heavy (non-hydrogen) atoms. The van der Waals surface area contributed by atoms with Gasteiger partial charge in [-0.3, -0.25) is 0 Å². The molecule has 0 unspecified atom stereocenters. The summed E-state index contributed by atoms with van der Waals surface area (Å²) in [5.41, 5.74) is 6.85. The number of aryl methyl sites for hydroxylation is 1. The Bertz CT molecular complexity index is 516. The van der Waals surface area contributed by atoms with Gasteiger partial charge in [0.2, 0.25) is 10.0 Å². The van der Waals surface area contributed by atoms with Crippen LogP contribution in [0, 0.1) is 12.8 Å². The summed E-state index contributed by atoms with van der Waals surface area (Å²) in [6.45, 7) is 2.37. The second-order valence-corrected chi connectivity index (χ2v) is 7.06. The Kier molecular flexibility index (Phi) is 3.64. The molecule has 2 rings (SSSR count). The number of nitrogen functional groups attached to an aromatic ring is 1. The highest BCUT2D eigenvalue weighted by Gasteiger charge is 2.29. The van der Waals surface area contributed by atoms with Gasteiger partial charge >= 0.3 is 0 Å². The average molecular weight is 268 g/mol. The van der Waals surface area contributed by atoms with E-state index in [9.17, 15) is 8.42 Å². The topological polar surface area (TPSA) is 63.4 Å². The number of rotatable bonds is 4. The van der Waals surface area contributed by atoms with Crippen molar-refractivity contribution in [2.75, 3.05) is 19.3 Å². The monoisotopic (exact) mass is 268 g/mol. The number of nitrogens with two attached hydrogens (primary N) is 1. The molecule has 1 aliphatic carbocycles. The van der Waals surface area contributed by atoms with Crippen LogP contribution in [0.15, 0.2) is 23.1 Å². The van der Waals surface area contributed by atoms with Crippen LogP contribution in [-0.4, -0.2) is 26.3 Å². The molecule has 2 N–H and O–H groups in total. The van der Waals surface area contributed by atoms with Crippen LogP contribution in [0.2, 0.25) is 0 Å². The maximum atomic E-state index is 12.5. The number of benzene rings is 1. The molecule has 1 aromatic rings. The number of hydrogen-bond donors (Lipinski definition) is 1. The van der Waals surface area contributed by atoms with E-state index in [1.807, 2.05) is 0 Å². The molecule has 0 bridgehead atoms. The Morgan fingerprint density at radius 3 is 2.56 bits per heavy atom. The fourth-order valence-corrected chi connectivity index (χ4v) is 3.88. The van der Waals surface area contributed by atoms with E-state index in [1.165, 1.54) is 10.7 Å². The van der Waals surface area contributed by atoms with Gasteiger partial charge in [-0.1, -0.05) is 18.6 Å². The molecule has 0 spiro atoms. The van der Waals surface area contributed by atoms with Crippen molar-refractivity contribution in [1.82, 2.24) is 4.31 Å². The number of sulfonamides is 1. The van der Waals surface area contributed by atoms with Gasteiger partial charge in [-0.15, -0.1) is 0 Å². The van der Waals surface area contributed by atoms with Crippen molar-refractivity contribution in [3.63, 3.8) is 0 Å². The molecule has 100 valence electrons. The van der Waals surface area contributed by atoms with E-state index in [0.29, 0.717) is 23.7 Å². The third-order valence-corrected chi connectivity index (χ3v) is 5.69. The van der Waals surface area contributed by atoms with Crippen molar-refractivity contribution in [3.05, 3.63) is 23.8 Å². The summed E-state index contributed by atoms with van der Waals surface area (Å²) in [4.78, 5) is 0.256. The molecule has 0 heterocycles. The summed E-state index contributed by atoms with van der Waals surface area (Å²) in [6, 6.07) is 5.19. The first-order chi connectivity index (χ1) is 8.43. The summed E-state index contributed by atoms with van der Waals surface area (Å²) < 4.78 is 26.4. The molecule has 0 amide bonds. The molecule has 0 atom stereocenters. The predicted octanol–water partition coefficient (Wildman–Crippen LogP) is 2.00. The van der Waals surface area contributed by atoms with E-state index in [-0.39, 0.29) is 4.90 Å². The molecule has 0 aliphatic heterocycles. The Morgan fingerprint density at radius 1 is 1.39 bits per heavy atom. The molecule has 4 nitrogen and oxygen atoms in total. The minimum absolute atomic E-state index is 0.256. The fraction of sp³-hybridized carbons (Fsp3) is 0.538. The van der Waals surface area contributed by atoms with Crippen LogP contribution in [0.3, 0.4) is 0 Å². The van der Waals surface area contributed by atoms with E-state index in [4.69, 9.17) is 5.73 Å². The van der Waals surface area contributed by atoms with Crippen molar-refractivity contribution in [2.24, 2.45) is 5.92 Å². The minimum atomic E-state index is -3.46. The predicted molar refractivity (Wildman–Crippen MR) is 72.7 cm³/mol. The third-order valence-electron chi connectivity index (χ3n) is 3.65. The van der Waals surface area contributed by atoms with Crippen molar-refractivity contribution in [2.45, 2.75) is 31.1 Å². The van der Waals surface area contributed by atoms with Crippen LogP contribution in [0.1, 0.15) is 24.8 Å². The highest BCUT2D eigenvalue weighted by Crippen LogP contribution is 2.30. The highest BCUT2D eigenvalue weighted by molar-refractivity contribution is 7.89. The summed E-state index contributed by atoms with van der Waals surface area (Å²) in [7, 11) is -1.82. The average Bonchev–Trinajstić information content (AvgIpc) is 2.22. The van der Waals surface area contributed by atoms with Crippen LogP contribution in [-0.2, 0) is 10.0 Å². The molecule has 0 saturated heterocycles. The first-order valence-electron chi connectivity index (χ1n) is 6.24. The lowest BCUT2D eigenvalue weighted by Gasteiger charge is -2.30. The van der Waals surface area contributed by atoms with E-state index in [1.54, 1.807) is 32.2 Å². The summed E-state index contributed by atoms with van der Waals surface area (Å²) in [5, 5.41) is 0. The number of nitrogens with zero attached hydrogens (tertiary/aromatic N) is 1. The molecule has 0 aromatic heterocycles. The lowest BCUT2D eigenvalue weighted by Crippen LogP contribution is -2.35. The van der Waals surface area contributed by atoms with Gasteiger partial charge in [0.25, 0.3) is 0 Å². The Hall–Kier alpha value is -1.07. The van der Waals surface area contributed by atoms with Gasteiger partial charge in [-0.05, 0) is 37.3 Å². The smallest absolute Gasteiger partial charge is 0.245 e. The Morgan fingerprint density at radius 2 is 2.06 bits per heavy atom. The third kappa shape index (κ3) is 2.37. The first kappa shape index (κ1) is 13.4. The van der Waals surface area contributed by atoms with Crippen LogP contribution in [0.4, 0.5) is 5.69 Å². The van der Waals surface area contributed by atoms with E-state index >= 15 is 0 Å². The van der Waals surface area contributed by atoms with Gasteiger partial charge in [0.1, 0.15) is 4.90 Å². The molecule has 0 radical (unpaired) electrons. The summed E-state index contributed by atoms with van der Waals surface area (Å²) in [5.74, 6) is 0.509. The molecular weight excluding hydrogens is 248 g/mol. The maximum Gasteiger partial charge on any atom is 0.245 e. The van der Waals surface area contributed by atoms with E-state index in [2.05, 4.69) is 0 Å². The first-order valence-corrected chi connectivity index (χ1v) is 7.68. The fourth-order valence-electron chi connectivity index (χ4n) is 2.32. The second kappa shape index (κ2) is 4.90. The summed E-state index contributed by atoms with van der Waals surface area (Å²) >= 11 is 0. The molecule has 5 heteroatoms. The van der Waals surface area contributed by atoms with Gasteiger partial charge < -0.3 is 5.73 Å². The zero-order valence-electron chi connectivity index (χ0n) is 10.9. The quantitative estimate of drug-likeness (QED) is 0.849. The lowest BCUT2D eigenvalue weighted by molar-refractivity contribution is 0.263. The minimum Gasteiger partial charge on any atom is -0.398 e. The van der Waals surface area contributed by atoms with Crippen LogP contribution >= 0.6 is 0 Å². The zero-order chi connectivity index (χ0) is 13.3. The molecular formula is C13H20N2O2S. The van der Waals surface area contributed by atoms with Gasteiger partial charge in [0, 0.05) is 13.6 Å². The van der Waals surface area contributed by atoms with Crippen molar-refractivity contribution >= 4 is 15.7 Å². The van der Waals surface area contributed by atoms with Gasteiger partial charge in [-0.25, -0.2) is 12.7 Å². The SMILES string of the molecule is Cc1cccc(N)c1S(=O)(=O)N(C)CC1CCC1. The van der Waals surface area contributed by atoms with Crippen LogP contribution in [0.25, 0.3) is 0 Å². The largest absolute Gasteiger partial charge is 0.398 e. The maximum absolute atomic E-state index is 12.5. The van der Waals surface area contributed by atoms with E-state index < -0.39 is 10.0 Å². The summed E-state index contributed by atoms with van der Waals surface area (Å²) in [6.07, 6.45) is 3.47. The van der Waals surface area contributed by atoms with Crippen molar-refractivity contribution < 1.29 is 8.42 Å². The van der Waals surface area contributed by atoms with Crippen LogP contribution < -0.4 is 5.73 Å². The normalized spacial score (nSPS) is 16.8. The van der Waals surface area contributed by atoms with Crippen molar-refractivity contribution in [1.29, 1.82) is 0 Å². The standard InChI is InChI=1S/C13H20N2O2S/c1-10-5-3-8-12(14)13(10)18(16,17)15(2)9-11-6-4-7-11/h3,5,8,11H,4,6-7,9,14H2,1-2H3. The van der Waals surface area contributed by atoms with Crippen LogP contribution in [0.5, 0.6) is 0 Å². The van der Waals surface area contributed by atoms with Gasteiger partial charge in [0.05, 0.1) is 5.69 Å². The highest BCUT2D eigenvalue weighted by atomic mass is 32.2. The van der Waals surface area contributed by atoms with Gasteiger partial charge in [0.15, 0.2) is 0 Å². The molecule has 1 aromatic carbocycles. The van der Waals surface area contributed by atoms with Crippen molar-refractivity contribution in [3.8, 4) is 0 Å². The number of anilines is 1. The second-order valence-electron chi connectivity index (χ2n) is 5.08. The Labute approximate surface area is 109 Å². The molecule has 1 fully saturated rings. The van der Waals surface area contributed by atoms with Gasteiger partial charge in [-0.2, -0.15) is 0 Å².